The second-order valence-corrected chi connectivity index (χ2v) is 6.31. The molecule has 1 fully saturated rings. The first-order valence-electron chi connectivity index (χ1n) is 6.55. The molecule has 2 nitrogen and oxygen atoms in total. The molecule has 1 heterocycles. The second kappa shape index (κ2) is 6.57. The maximum Gasteiger partial charge on any atom is 0.417 e. The highest BCUT2D eigenvalue weighted by atomic mass is 79.9. The summed E-state index contributed by atoms with van der Waals surface area (Å²) >= 11 is 8.55. The minimum Gasteiger partial charge on any atom is -0.338 e. The summed E-state index contributed by atoms with van der Waals surface area (Å²) in [5, 5.41) is 0. The van der Waals surface area contributed by atoms with Crippen molar-refractivity contribution in [2.24, 2.45) is 5.92 Å². The molecule has 0 aliphatic carbocycles. The molecule has 1 atom stereocenters. The smallest absolute Gasteiger partial charge is 0.338 e. The van der Waals surface area contributed by atoms with Gasteiger partial charge in [-0.1, -0.05) is 15.9 Å². The molecule has 1 aliphatic rings. The number of hydrogen-bond donors (Lipinski definition) is 0. The number of amides is 1. The van der Waals surface area contributed by atoms with Gasteiger partial charge in [-0.05, 0) is 37.0 Å². The molecule has 0 N–H and O–H groups in total. The molecule has 7 heteroatoms. The maximum absolute atomic E-state index is 12.9. The number of carbonyl (C=O) groups is 1. The summed E-state index contributed by atoms with van der Waals surface area (Å²) in [5.41, 5.74) is -0.762. The molecule has 0 radical (unpaired) electrons. The average molecular weight is 385 g/mol. The van der Waals surface area contributed by atoms with Crippen molar-refractivity contribution in [1.29, 1.82) is 0 Å². The van der Waals surface area contributed by atoms with Crippen molar-refractivity contribution in [3.8, 4) is 0 Å². The quantitative estimate of drug-likeness (QED) is 0.700. The Morgan fingerprint density at radius 3 is 2.76 bits per heavy atom. The number of halogens is 5. The highest BCUT2D eigenvalue weighted by Gasteiger charge is 2.34. The van der Waals surface area contributed by atoms with E-state index in [0.717, 1.165) is 18.9 Å². The first kappa shape index (κ1) is 16.6. The molecule has 1 amide bonds. The van der Waals surface area contributed by atoms with Gasteiger partial charge in [-0.25, -0.2) is 0 Å². The fourth-order valence-corrected chi connectivity index (χ4v) is 3.25. The Kier molecular flexibility index (Phi) is 5.20. The molecule has 0 spiro atoms. The van der Waals surface area contributed by atoms with Crippen molar-refractivity contribution in [2.75, 3.05) is 19.0 Å². The lowest BCUT2D eigenvalue weighted by Gasteiger charge is -2.18. The average Bonchev–Trinajstić information content (AvgIpc) is 2.86. The van der Waals surface area contributed by atoms with E-state index in [2.05, 4.69) is 15.9 Å². The van der Waals surface area contributed by atoms with Gasteiger partial charge in [-0.15, -0.1) is 11.6 Å². The Labute approximate surface area is 134 Å². The van der Waals surface area contributed by atoms with Crippen molar-refractivity contribution in [2.45, 2.75) is 19.0 Å². The summed E-state index contributed by atoms with van der Waals surface area (Å²) < 4.78 is 38.5. The van der Waals surface area contributed by atoms with E-state index < -0.39 is 11.7 Å². The van der Waals surface area contributed by atoms with Crippen molar-refractivity contribution >= 4 is 33.4 Å². The van der Waals surface area contributed by atoms with Crippen molar-refractivity contribution in [3.05, 3.63) is 33.8 Å². The van der Waals surface area contributed by atoms with Gasteiger partial charge in [0.05, 0.1) is 5.56 Å². The molecule has 1 saturated heterocycles. The molecule has 1 aromatic rings. The van der Waals surface area contributed by atoms with E-state index in [1.54, 1.807) is 4.90 Å². The van der Waals surface area contributed by atoms with Gasteiger partial charge in [0, 0.05) is 29.0 Å². The lowest BCUT2D eigenvalue weighted by atomic mass is 10.1. The summed E-state index contributed by atoms with van der Waals surface area (Å²) in [6.45, 7) is 1.13. The third-order valence-corrected chi connectivity index (χ3v) is 4.52. The van der Waals surface area contributed by atoms with Gasteiger partial charge in [-0.3, -0.25) is 4.79 Å². The first-order chi connectivity index (χ1) is 9.82. The summed E-state index contributed by atoms with van der Waals surface area (Å²) in [4.78, 5) is 13.9. The molecule has 1 aliphatic heterocycles. The summed E-state index contributed by atoms with van der Waals surface area (Å²) in [7, 11) is 0. The van der Waals surface area contributed by atoms with Crippen LogP contribution in [0.15, 0.2) is 22.7 Å². The van der Waals surface area contributed by atoms with Gasteiger partial charge in [0.2, 0.25) is 0 Å². The summed E-state index contributed by atoms with van der Waals surface area (Å²) in [5.74, 6) is 0.512. The lowest BCUT2D eigenvalue weighted by molar-refractivity contribution is -0.138. The van der Waals surface area contributed by atoms with Crippen LogP contribution in [0.1, 0.15) is 28.8 Å². The standard InChI is InChI=1S/C14H14BrClF3NO/c15-12-2-1-10(7-11(12)14(17,18)19)13(21)20-6-4-9(8-20)3-5-16/h1-2,7,9H,3-6,8H2. The number of carbonyl (C=O) groups excluding carboxylic acids is 1. The second-order valence-electron chi connectivity index (χ2n) is 5.08. The van der Waals surface area contributed by atoms with Crippen LogP contribution < -0.4 is 0 Å². The number of rotatable bonds is 3. The molecule has 0 bridgehead atoms. The third kappa shape index (κ3) is 3.92. The monoisotopic (exact) mass is 383 g/mol. The Bertz CT molecular complexity index is 535. The van der Waals surface area contributed by atoms with Gasteiger partial charge in [0.1, 0.15) is 0 Å². The van der Waals surface area contributed by atoms with E-state index in [9.17, 15) is 18.0 Å². The van der Waals surface area contributed by atoms with Crippen LogP contribution in [0.25, 0.3) is 0 Å². The summed E-state index contributed by atoms with van der Waals surface area (Å²) in [6, 6.07) is 3.58. The number of benzene rings is 1. The van der Waals surface area contributed by atoms with Gasteiger partial charge < -0.3 is 4.90 Å². The highest BCUT2D eigenvalue weighted by Crippen LogP contribution is 2.35. The van der Waals surface area contributed by atoms with Gasteiger partial charge in [0.25, 0.3) is 5.91 Å². The molecule has 0 saturated carbocycles. The largest absolute Gasteiger partial charge is 0.417 e. The molecular formula is C14H14BrClF3NO. The predicted octanol–water partition coefficient (Wildman–Crippen LogP) is 4.56. The number of hydrogen-bond acceptors (Lipinski definition) is 1. The molecule has 1 aromatic carbocycles. The van der Waals surface area contributed by atoms with Crippen LogP contribution >= 0.6 is 27.5 Å². The molecule has 2 rings (SSSR count). The Balaban J connectivity index is 2.17. The molecule has 0 aromatic heterocycles. The molecule has 21 heavy (non-hydrogen) atoms. The maximum atomic E-state index is 12.9. The van der Waals surface area contributed by atoms with E-state index in [4.69, 9.17) is 11.6 Å². The van der Waals surface area contributed by atoms with E-state index in [-0.39, 0.29) is 15.9 Å². The van der Waals surface area contributed by atoms with Crippen LogP contribution in [0, 0.1) is 5.92 Å². The minimum atomic E-state index is -4.48. The Morgan fingerprint density at radius 2 is 2.14 bits per heavy atom. The summed E-state index contributed by atoms with van der Waals surface area (Å²) in [6.07, 6.45) is -2.82. The zero-order chi connectivity index (χ0) is 15.6. The predicted molar refractivity (Wildman–Crippen MR) is 78.5 cm³/mol. The Morgan fingerprint density at radius 1 is 1.43 bits per heavy atom. The van der Waals surface area contributed by atoms with Crippen LogP contribution in [0.5, 0.6) is 0 Å². The Hall–Kier alpha value is -0.750. The van der Waals surface area contributed by atoms with Crippen molar-refractivity contribution < 1.29 is 18.0 Å². The van der Waals surface area contributed by atoms with E-state index in [0.29, 0.717) is 24.9 Å². The zero-order valence-electron chi connectivity index (χ0n) is 11.1. The van der Waals surface area contributed by atoms with Crippen LogP contribution in [0.4, 0.5) is 13.2 Å². The van der Waals surface area contributed by atoms with Gasteiger partial charge >= 0.3 is 6.18 Å². The van der Waals surface area contributed by atoms with E-state index in [1.807, 2.05) is 0 Å². The minimum absolute atomic E-state index is 0.0620. The number of nitrogens with zero attached hydrogens (tertiary/aromatic N) is 1. The fraction of sp³-hybridized carbons (Fsp3) is 0.500. The lowest BCUT2D eigenvalue weighted by Crippen LogP contribution is -2.29. The van der Waals surface area contributed by atoms with Gasteiger partial charge in [-0.2, -0.15) is 13.2 Å². The molecule has 1 unspecified atom stereocenters. The normalized spacial score (nSPS) is 19.1. The molecular weight excluding hydrogens is 371 g/mol. The van der Waals surface area contributed by atoms with Crippen LogP contribution in [-0.4, -0.2) is 29.8 Å². The topological polar surface area (TPSA) is 20.3 Å². The van der Waals surface area contributed by atoms with Crippen LogP contribution in [0.3, 0.4) is 0 Å². The van der Waals surface area contributed by atoms with Crippen LogP contribution in [-0.2, 0) is 6.18 Å². The first-order valence-corrected chi connectivity index (χ1v) is 7.87. The van der Waals surface area contributed by atoms with Crippen LogP contribution in [0.2, 0.25) is 0 Å². The number of likely N-dealkylation sites (tertiary alicyclic amines) is 1. The number of alkyl halides is 4. The van der Waals surface area contributed by atoms with E-state index in [1.165, 1.54) is 12.1 Å². The fourth-order valence-electron chi connectivity index (χ4n) is 2.47. The van der Waals surface area contributed by atoms with Gasteiger partial charge in [0.15, 0.2) is 0 Å². The van der Waals surface area contributed by atoms with Crippen molar-refractivity contribution in [3.63, 3.8) is 0 Å². The van der Waals surface area contributed by atoms with E-state index >= 15 is 0 Å². The third-order valence-electron chi connectivity index (χ3n) is 3.61. The highest BCUT2D eigenvalue weighted by molar-refractivity contribution is 9.10. The molecule has 116 valence electrons. The zero-order valence-corrected chi connectivity index (χ0v) is 13.4. The van der Waals surface area contributed by atoms with Crippen molar-refractivity contribution in [1.82, 2.24) is 4.90 Å². The SMILES string of the molecule is O=C(c1ccc(Br)c(C(F)(F)F)c1)N1CCC(CCCl)C1.